The zero-order valence-corrected chi connectivity index (χ0v) is 20.6. The predicted molar refractivity (Wildman–Crippen MR) is 122 cm³/mol. The van der Waals surface area contributed by atoms with Gasteiger partial charge in [-0.25, -0.2) is 9.59 Å². The van der Waals surface area contributed by atoms with Crippen LogP contribution in [0.2, 0.25) is 0 Å². The molecule has 0 spiro atoms. The first-order valence-corrected chi connectivity index (χ1v) is 10.7. The maximum absolute atomic E-state index is 13.2. The second-order valence-electron chi connectivity index (χ2n) is 9.16. The fraction of sp³-hybridized carbons (Fsp3) is 0.478. The fourth-order valence-electron chi connectivity index (χ4n) is 3.22. The molecule has 29 heavy (non-hydrogen) atoms. The largest absolute Gasteiger partial charge is 0.457 e. The van der Waals surface area contributed by atoms with E-state index in [9.17, 15) is 9.59 Å². The van der Waals surface area contributed by atoms with Gasteiger partial charge in [-0.15, -0.1) is 0 Å². The molecule has 1 N–H and O–H groups in total. The third-order valence-electron chi connectivity index (χ3n) is 4.21. The van der Waals surface area contributed by atoms with E-state index >= 15 is 0 Å². The Hall–Kier alpha value is -1.83. The number of hydrogen-bond acceptors (Lipinski definition) is 5. The second kappa shape index (κ2) is 8.50. The molecule has 0 saturated heterocycles. The van der Waals surface area contributed by atoms with E-state index in [0.29, 0.717) is 22.5 Å². The number of benzene rings is 1. The average Bonchev–Trinajstić information content (AvgIpc) is 2.50. The highest BCUT2D eigenvalue weighted by atomic mass is 127. The van der Waals surface area contributed by atoms with Gasteiger partial charge in [-0.05, 0) is 89.6 Å². The molecule has 158 valence electrons. The normalized spacial score (nSPS) is 15.9. The Bertz CT molecular complexity index is 835. The second-order valence-corrected chi connectivity index (χ2v) is 10.3. The van der Waals surface area contributed by atoms with Crippen molar-refractivity contribution in [3.05, 3.63) is 55.9 Å². The van der Waals surface area contributed by atoms with Crippen LogP contribution in [0.4, 0.5) is 0 Å². The molecule has 2 rings (SSSR count). The van der Waals surface area contributed by atoms with Crippen LogP contribution in [0, 0.1) is 3.57 Å². The van der Waals surface area contributed by atoms with Crippen LogP contribution in [-0.2, 0) is 19.1 Å². The number of esters is 2. The van der Waals surface area contributed by atoms with Crippen LogP contribution in [-0.4, -0.2) is 23.1 Å². The van der Waals surface area contributed by atoms with Crippen LogP contribution in [0.15, 0.2) is 46.8 Å². The van der Waals surface area contributed by atoms with Gasteiger partial charge in [-0.2, -0.15) is 0 Å². The van der Waals surface area contributed by atoms with E-state index in [4.69, 9.17) is 9.47 Å². The number of allylic oxidation sites excluding steroid dienone is 2. The summed E-state index contributed by atoms with van der Waals surface area (Å²) in [7, 11) is 0. The van der Waals surface area contributed by atoms with Crippen LogP contribution in [0.25, 0.3) is 0 Å². The Kier molecular flexibility index (Phi) is 6.87. The van der Waals surface area contributed by atoms with Crippen molar-refractivity contribution in [2.75, 3.05) is 0 Å². The van der Waals surface area contributed by atoms with Gasteiger partial charge in [-0.3, -0.25) is 0 Å². The number of ether oxygens (including phenoxy) is 2. The van der Waals surface area contributed by atoms with Gasteiger partial charge in [0, 0.05) is 15.0 Å². The molecular weight excluding hydrogens is 481 g/mol. The highest BCUT2D eigenvalue weighted by Crippen LogP contribution is 2.41. The Morgan fingerprint density at radius 3 is 1.66 bits per heavy atom. The molecule has 1 heterocycles. The van der Waals surface area contributed by atoms with Crippen molar-refractivity contribution in [3.8, 4) is 0 Å². The standard InChI is InChI=1S/C23H30INO4/c1-13-17(20(26)28-22(3,4)5)19(15-11-9-10-12-16(15)24)18(14(2)25-13)21(27)29-23(6,7)8/h9-12,19,25H,1-8H3. The third kappa shape index (κ3) is 5.84. The van der Waals surface area contributed by atoms with Crippen molar-refractivity contribution >= 4 is 34.5 Å². The molecule has 1 aliphatic rings. The minimum Gasteiger partial charge on any atom is -0.457 e. The Morgan fingerprint density at radius 2 is 1.28 bits per heavy atom. The van der Waals surface area contributed by atoms with E-state index in [1.807, 2.05) is 79.7 Å². The molecule has 0 unspecified atom stereocenters. The molecule has 0 saturated carbocycles. The first kappa shape index (κ1) is 23.4. The number of carbonyl (C=O) groups is 2. The summed E-state index contributed by atoms with van der Waals surface area (Å²) >= 11 is 2.23. The number of rotatable bonds is 3. The van der Waals surface area contributed by atoms with Crippen LogP contribution in [0.3, 0.4) is 0 Å². The summed E-state index contributed by atoms with van der Waals surface area (Å²) < 4.78 is 12.3. The van der Waals surface area contributed by atoms with Gasteiger partial charge in [0.2, 0.25) is 0 Å². The van der Waals surface area contributed by atoms with E-state index < -0.39 is 29.1 Å². The molecule has 0 fully saturated rings. The minimum absolute atomic E-state index is 0.426. The lowest BCUT2D eigenvalue weighted by molar-refractivity contribution is -0.150. The maximum atomic E-state index is 13.2. The van der Waals surface area contributed by atoms with Crippen molar-refractivity contribution in [1.82, 2.24) is 5.32 Å². The first-order chi connectivity index (χ1) is 13.2. The van der Waals surface area contributed by atoms with Crippen molar-refractivity contribution in [2.45, 2.75) is 72.5 Å². The predicted octanol–water partition coefficient (Wildman–Crippen LogP) is 5.21. The summed E-state index contributed by atoms with van der Waals surface area (Å²) in [6.07, 6.45) is 0. The monoisotopic (exact) mass is 511 g/mol. The highest BCUT2D eigenvalue weighted by molar-refractivity contribution is 14.1. The molecule has 5 nitrogen and oxygen atoms in total. The third-order valence-corrected chi connectivity index (χ3v) is 5.20. The molecule has 0 aliphatic carbocycles. The van der Waals surface area contributed by atoms with Gasteiger partial charge in [0.25, 0.3) is 0 Å². The Morgan fingerprint density at radius 1 is 0.862 bits per heavy atom. The van der Waals surface area contributed by atoms with Crippen LogP contribution < -0.4 is 5.32 Å². The van der Waals surface area contributed by atoms with E-state index in [0.717, 1.165) is 9.13 Å². The zero-order chi connectivity index (χ0) is 22.1. The average molecular weight is 511 g/mol. The molecule has 0 atom stereocenters. The van der Waals surface area contributed by atoms with Gasteiger partial charge < -0.3 is 14.8 Å². The van der Waals surface area contributed by atoms with Gasteiger partial charge in [0.15, 0.2) is 0 Å². The highest BCUT2D eigenvalue weighted by Gasteiger charge is 2.40. The van der Waals surface area contributed by atoms with Crippen molar-refractivity contribution < 1.29 is 19.1 Å². The van der Waals surface area contributed by atoms with Gasteiger partial charge >= 0.3 is 11.9 Å². The Balaban J connectivity index is 2.67. The lowest BCUT2D eigenvalue weighted by Gasteiger charge is -2.33. The van der Waals surface area contributed by atoms with Gasteiger partial charge in [0.1, 0.15) is 11.2 Å². The van der Waals surface area contributed by atoms with Gasteiger partial charge in [0.05, 0.1) is 17.1 Å². The maximum Gasteiger partial charge on any atom is 0.337 e. The minimum atomic E-state index is -0.652. The number of carbonyl (C=O) groups excluding carboxylic acids is 2. The zero-order valence-electron chi connectivity index (χ0n) is 18.4. The van der Waals surface area contributed by atoms with Gasteiger partial charge in [-0.1, -0.05) is 18.2 Å². The molecule has 1 aromatic rings. The summed E-state index contributed by atoms with van der Waals surface area (Å²) in [6, 6.07) is 7.73. The summed E-state index contributed by atoms with van der Waals surface area (Å²) in [6.45, 7) is 14.6. The van der Waals surface area contributed by atoms with E-state index in [2.05, 4.69) is 27.9 Å². The van der Waals surface area contributed by atoms with E-state index in [1.165, 1.54) is 0 Å². The smallest absolute Gasteiger partial charge is 0.337 e. The van der Waals surface area contributed by atoms with Crippen LogP contribution in [0.1, 0.15) is 66.9 Å². The Labute approximate surface area is 187 Å². The SMILES string of the molecule is CC1=C(C(=O)OC(C)(C)C)C(c2ccccc2I)C(C(=O)OC(C)(C)C)=C(C)N1. The summed E-state index contributed by atoms with van der Waals surface area (Å²) in [5, 5.41) is 3.19. The lowest BCUT2D eigenvalue weighted by atomic mass is 9.80. The molecule has 0 bridgehead atoms. The molecular formula is C23H30INO4. The molecule has 1 aromatic carbocycles. The lowest BCUT2D eigenvalue weighted by Crippen LogP contribution is -2.36. The molecule has 1 aliphatic heterocycles. The van der Waals surface area contributed by atoms with Crippen LogP contribution in [0.5, 0.6) is 0 Å². The molecule has 6 heteroatoms. The number of dihydropyridines is 1. The topological polar surface area (TPSA) is 64.6 Å². The molecule has 0 aromatic heterocycles. The van der Waals surface area contributed by atoms with Crippen LogP contribution >= 0.6 is 22.6 Å². The molecule has 0 amide bonds. The van der Waals surface area contributed by atoms with Crippen molar-refractivity contribution in [3.63, 3.8) is 0 Å². The summed E-state index contributed by atoms with van der Waals surface area (Å²) in [5.74, 6) is -1.46. The molecule has 0 radical (unpaired) electrons. The van der Waals surface area contributed by atoms with E-state index in [1.54, 1.807) is 0 Å². The summed E-state index contributed by atoms with van der Waals surface area (Å²) in [4.78, 5) is 26.4. The van der Waals surface area contributed by atoms with Crippen molar-refractivity contribution in [1.29, 1.82) is 0 Å². The number of halogens is 1. The number of hydrogen-bond donors (Lipinski definition) is 1. The number of nitrogens with one attached hydrogen (secondary N) is 1. The van der Waals surface area contributed by atoms with Crippen molar-refractivity contribution in [2.24, 2.45) is 0 Å². The first-order valence-electron chi connectivity index (χ1n) is 9.61. The van der Waals surface area contributed by atoms with E-state index in [-0.39, 0.29) is 0 Å². The fourth-order valence-corrected chi connectivity index (χ4v) is 3.92. The quantitative estimate of drug-likeness (QED) is 0.446. The summed E-state index contributed by atoms with van der Waals surface area (Å²) in [5.41, 5.74) is 1.77.